The van der Waals surface area contributed by atoms with Crippen LogP contribution in [0.5, 0.6) is 0 Å². The van der Waals surface area contributed by atoms with Crippen molar-refractivity contribution >= 4 is 19.8 Å². The van der Waals surface area contributed by atoms with Crippen LogP contribution in [-0.2, 0) is 32.7 Å². The van der Waals surface area contributed by atoms with Crippen molar-refractivity contribution in [3.8, 4) is 0 Å². The van der Waals surface area contributed by atoms with Crippen molar-refractivity contribution in [2.45, 2.75) is 167 Å². The van der Waals surface area contributed by atoms with Gasteiger partial charge in [0.05, 0.1) is 25.9 Å². The van der Waals surface area contributed by atoms with Crippen LogP contribution in [0.15, 0.2) is 72.9 Å². The van der Waals surface area contributed by atoms with Crippen LogP contribution >= 0.6 is 7.82 Å². The number of unbranched alkanes of at least 4 members (excludes halogenated alkanes) is 11. The first-order valence-electron chi connectivity index (χ1n) is 21.0. The van der Waals surface area contributed by atoms with Gasteiger partial charge < -0.3 is 29.7 Å². The third kappa shape index (κ3) is 38.3. The molecule has 2 unspecified atom stereocenters. The number of hydrogen-bond donors (Lipinski definition) is 4. The molecule has 4 atom stereocenters. The van der Waals surface area contributed by atoms with Crippen LogP contribution in [-0.4, -0.2) is 76.9 Å². The molecular weight excluding hydrogens is 735 g/mol. The van der Waals surface area contributed by atoms with E-state index < -0.39 is 64.5 Å². The SMILES string of the molecule is CC/C=C\C/C=C\C/C=C\C/C=C\C=C\C(O)CCCC(=O)O[C@H](COC(=O)CCCCCCC/C=C\CCCCCCCC)COP(=O)(O)OC[C@@H](O)CO. The van der Waals surface area contributed by atoms with Gasteiger partial charge in [0.25, 0.3) is 0 Å². The van der Waals surface area contributed by atoms with Gasteiger partial charge in [0.2, 0.25) is 0 Å². The van der Waals surface area contributed by atoms with E-state index in [1.807, 2.05) is 12.2 Å². The lowest BCUT2D eigenvalue weighted by Gasteiger charge is -2.20. The minimum Gasteiger partial charge on any atom is -0.462 e. The molecule has 11 nitrogen and oxygen atoms in total. The van der Waals surface area contributed by atoms with Crippen LogP contribution in [0.1, 0.15) is 149 Å². The van der Waals surface area contributed by atoms with E-state index >= 15 is 0 Å². The van der Waals surface area contributed by atoms with Gasteiger partial charge in [0.15, 0.2) is 6.10 Å². The molecule has 0 heterocycles. The molecule has 0 fully saturated rings. The fraction of sp³-hybridized carbons (Fsp3) is 0.682. The summed E-state index contributed by atoms with van der Waals surface area (Å²) in [7, 11) is -4.68. The lowest BCUT2D eigenvalue weighted by molar-refractivity contribution is -0.161. The van der Waals surface area contributed by atoms with Crippen molar-refractivity contribution < 1.29 is 52.9 Å². The predicted molar refractivity (Wildman–Crippen MR) is 225 cm³/mol. The zero-order valence-electron chi connectivity index (χ0n) is 34.4. The summed E-state index contributed by atoms with van der Waals surface area (Å²) < 4.78 is 32.5. The molecule has 0 radical (unpaired) electrons. The lowest BCUT2D eigenvalue weighted by Crippen LogP contribution is -2.30. The predicted octanol–water partition coefficient (Wildman–Crippen LogP) is 9.86. The second-order valence-corrected chi connectivity index (χ2v) is 15.3. The Morgan fingerprint density at radius 1 is 0.625 bits per heavy atom. The summed E-state index contributed by atoms with van der Waals surface area (Å²) in [6, 6.07) is 0. The maximum atomic E-state index is 12.6. The minimum atomic E-state index is -4.68. The molecule has 4 N–H and O–H groups in total. The summed E-state index contributed by atoms with van der Waals surface area (Å²) in [6.07, 6.45) is 40.4. The number of carbonyl (C=O) groups is 2. The van der Waals surface area contributed by atoms with E-state index in [9.17, 15) is 29.3 Å². The summed E-state index contributed by atoms with van der Waals surface area (Å²) in [6.45, 7) is 2.00. The van der Waals surface area contributed by atoms with E-state index in [1.54, 1.807) is 12.2 Å². The number of carbonyl (C=O) groups excluding carboxylic acids is 2. The lowest BCUT2D eigenvalue weighted by atomic mass is 10.1. The van der Waals surface area contributed by atoms with Crippen LogP contribution < -0.4 is 0 Å². The largest absolute Gasteiger partial charge is 0.472 e. The number of allylic oxidation sites excluding steroid dienone is 11. The smallest absolute Gasteiger partial charge is 0.462 e. The average Bonchev–Trinajstić information content (AvgIpc) is 3.18. The Balaban J connectivity index is 4.55. The zero-order chi connectivity index (χ0) is 41.4. The maximum Gasteiger partial charge on any atom is 0.472 e. The number of aliphatic hydroxyl groups is 3. The highest BCUT2D eigenvalue weighted by atomic mass is 31.2. The molecule has 0 aliphatic rings. The minimum absolute atomic E-state index is 0.0514. The van der Waals surface area contributed by atoms with Gasteiger partial charge in [-0.3, -0.25) is 18.6 Å². The third-order valence-corrected chi connectivity index (χ3v) is 9.40. The van der Waals surface area contributed by atoms with Crippen molar-refractivity contribution in [3.05, 3.63) is 72.9 Å². The first-order chi connectivity index (χ1) is 27.1. The third-order valence-electron chi connectivity index (χ3n) is 8.45. The molecule has 0 saturated heterocycles. The second kappa shape index (κ2) is 39.2. The quantitative estimate of drug-likeness (QED) is 0.0154. The number of aliphatic hydroxyl groups excluding tert-OH is 3. The fourth-order valence-corrected chi connectivity index (χ4v) is 5.98. The van der Waals surface area contributed by atoms with Crippen LogP contribution in [0.4, 0.5) is 0 Å². The highest BCUT2D eigenvalue weighted by molar-refractivity contribution is 7.47. The Morgan fingerprint density at radius 2 is 1.18 bits per heavy atom. The van der Waals surface area contributed by atoms with E-state index in [0.29, 0.717) is 19.3 Å². The standard InChI is InChI=1S/C44H75O11P/c1-3-5-7-9-11-13-15-17-18-20-22-24-26-28-30-34-43(48)52-38-42(39-54-56(50,51)53-37-41(47)36-45)55-44(49)35-31-33-40(46)32-29-27-25-23-21-19-16-14-12-10-8-6-4-2/h6,8,12,14,17-19,21,25,27,29,32,40-42,45-47H,3-5,7,9-11,13,15-16,20,22-24,26,28,30-31,33-39H2,1-2H3,(H,50,51)/b8-6-,14-12-,18-17-,21-19-,27-25-,32-29+/t40?,41-,42+/m0/s1. The second-order valence-electron chi connectivity index (χ2n) is 13.8. The first kappa shape index (κ1) is 53.4. The summed E-state index contributed by atoms with van der Waals surface area (Å²) in [4.78, 5) is 35.0. The number of phosphoric ester groups is 1. The monoisotopic (exact) mass is 811 g/mol. The number of hydrogen-bond acceptors (Lipinski definition) is 10. The van der Waals surface area contributed by atoms with Gasteiger partial charge in [-0.05, 0) is 70.6 Å². The van der Waals surface area contributed by atoms with Gasteiger partial charge in [0, 0.05) is 12.8 Å². The highest BCUT2D eigenvalue weighted by Crippen LogP contribution is 2.43. The van der Waals surface area contributed by atoms with Gasteiger partial charge in [-0.25, -0.2) is 4.57 Å². The Labute approximate surface area is 338 Å². The van der Waals surface area contributed by atoms with Crippen LogP contribution in [0.3, 0.4) is 0 Å². The van der Waals surface area contributed by atoms with Crippen LogP contribution in [0.2, 0.25) is 0 Å². The average molecular weight is 811 g/mol. The molecule has 0 saturated carbocycles. The molecule has 0 aromatic rings. The van der Waals surface area contributed by atoms with E-state index in [0.717, 1.165) is 64.2 Å². The zero-order valence-corrected chi connectivity index (χ0v) is 35.3. The van der Waals surface area contributed by atoms with E-state index in [-0.39, 0.29) is 12.8 Å². The van der Waals surface area contributed by atoms with Crippen molar-refractivity contribution in [2.75, 3.05) is 26.4 Å². The Kier molecular flexibility index (Phi) is 37.4. The molecule has 0 aliphatic heterocycles. The maximum absolute atomic E-state index is 12.6. The van der Waals surface area contributed by atoms with Crippen molar-refractivity contribution in [3.63, 3.8) is 0 Å². The molecule has 0 aromatic carbocycles. The van der Waals surface area contributed by atoms with E-state index in [2.05, 4.69) is 67.0 Å². The molecule has 0 aliphatic carbocycles. The molecule has 12 heteroatoms. The number of esters is 2. The number of ether oxygens (including phenoxy) is 2. The van der Waals surface area contributed by atoms with Crippen molar-refractivity contribution in [1.29, 1.82) is 0 Å². The molecule has 0 aromatic heterocycles. The van der Waals surface area contributed by atoms with Crippen LogP contribution in [0, 0.1) is 0 Å². The molecule has 0 bridgehead atoms. The summed E-state index contributed by atoms with van der Waals surface area (Å²) in [5, 5.41) is 28.6. The Morgan fingerprint density at radius 3 is 1.80 bits per heavy atom. The van der Waals surface area contributed by atoms with Gasteiger partial charge in [0.1, 0.15) is 12.7 Å². The molecule has 0 amide bonds. The van der Waals surface area contributed by atoms with Gasteiger partial charge >= 0.3 is 19.8 Å². The molecule has 0 spiro atoms. The van der Waals surface area contributed by atoms with E-state index in [4.69, 9.17) is 19.1 Å². The number of rotatable bonds is 38. The summed E-state index contributed by atoms with van der Waals surface area (Å²) in [5.74, 6) is -1.15. The fourth-order valence-electron chi connectivity index (χ4n) is 5.19. The molecule has 0 rings (SSSR count). The van der Waals surface area contributed by atoms with Crippen molar-refractivity contribution in [1.82, 2.24) is 0 Å². The topological polar surface area (TPSA) is 169 Å². The van der Waals surface area contributed by atoms with E-state index in [1.165, 1.54) is 38.5 Å². The Bertz CT molecular complexity index is 1180. The molecular formula is C44H75O11P. The number of phosphoric acid groups is 1. The van der Waals surface area contributed by atoms with Gasteiger partial charge in [-0.1, -0.05) is 138 Å². The molecule has 322 valence electrons. The normalized spacial score (nSPS) is 15.2. The van der Waals surface area contributed by atoms with Crippen molar-refractivity contribution in [2.24, 2.45) is 0 Å². The highest BCUT2D eigenvalue weighted by Gasteiger charge is 2.27. The summed E-state index contributed by atoms with van der Waals surface area (Å²) in [5.41, 5.74) is 0. The first-order valence-corrected chi connectivity index (χ1v) is 22.5. The summed E-state index contributed by atoms with van der Waals surface area (Å²) >= 11 is 0. The Hall–Kier alpha value is -2.63. The van der Waals surface area contributed by atoms with Gasteiger partial charge in [-0.2, -0.15) is 0 Å². The van der Waals surface area contributed by atoms with Crippen LogP contribution in [0.25, 0.3) is 0 Å². The molecule has 56 heavy (non-hydrogen) atoms. The van der Waals surface area contributed by atoms with Gasteiger partial charge in [-0.15, -0.1) is 0 Å².